The van der Waals surface area contributed by atoms with Crippen LogP contribution >= 0.6 is 0 Å². The molecule has 2 aromatic carbocycles. The topological polar surface area (TPSA) is 52.6 Å². The van der Waals surface area contributed by atoms with Crippen molar-refractivity contribution in [3.8, 4) is 0 Å². The van der Waals surface area contributed by atoms with Gasteiger partial charge in [0.15, 0.2) is 0 Å². The lowest BCUT2D eigenvalue weighted by atomic mass is 10.0. The van der Waals surface area contributed by atoms with E-state index in [0.717, 1.165) is 11.1 Å². The summed E-state index contributed by atoms with van der Waals surface area (Å²) in [5.41, 5.74) is 2.22. The van der Waals surface area contributed by atoms with Gasteiger partial charge >= 0.3 is 11.9 Å². The molecule has 2 heterocycles. The first-order chi connectivity index (χ1) is 13.2. The van der Waals surface area contributed by atoms with Crippen LogP contribution in [0.2, 0.25) is 0 Å². The highest BCUT2D eigenvalue weighted by Gasteiger charge is 2.32. The summed E-state index contributed by atoms with van der Waals surface area (Å²) < 4.78 is 10.4. The van der Waals surface area contributed by atoms with E-state index < -0.39 is 11.2 Å². The highest BCUT2D eigenvalue weighted by atomic mass is 16.6. The molecule has 0 saturated heterocycles. The van der Waals surface area contributed by atoms with Crippen LogP contribution in [0.4, 0.5) is 0 Å². The van der Waals surface area contributed by atoms with E-state index in [1.807, 2.05) is 101 Å². The lowest BCUT2D eigenvalue weighted by molar-refractivity contribution is -0.143. The SMILES string of the molecule is CC1(C)C=C(c2ccccc2)C(=O)O1.CC1(C)C=C(c2ccccc2)C(=O)O1. The second-order valence-electron chi connectivity index (χ2n) is 7.83. The largest absolute Gasteiger partial charge is 0.452 e. The smallest absolute Gasteiger partial charge is 0.339 e. The van der Waals surface area contributed by atoms with Gasteiger partial charge in [-0.15, -0.1) is 0 Å². The van der Waals surface area contributed by atoms with Gasteiger partial charge in [0.05, 0.1) is 11.1 Å². The molecule has 0 N–H and O–H groups in total. The van der Waals surface area contributed by atoms with Gasteiger partial charge in [-0.05, 0) is 51.0 Å². The highest BCUT2D eigenvalue weighted by Crippen LogP contribution is 2.30. The molecule has 4 rings (SSSR count). The normalized spacial score (nSPS) is 19.0. The number of esters is 2. The van der Waals surface area contributed by atoms with E-state index in [1.54, 1.807) is 0 Å². The van der Waals surface area contributed by atoms with E-state index in [9.17, 15) is 9.59 Å². The fourth-order valence-corrected chi connectivity index (χ4v) is 3.10. The van der Waals surface area contributed by atoms with Gasteiger partial charge in [-0.3, -0.25) is 0 Å². The highest BCUT2D eigenvalue weighted by molar-refractivity contribution is 6.19. The molecule has 2 aromatic rings. The molecule has 0 amide bonds. The van der Waals surface area contributed by atoms with Crippen LogP contribution in [0.5, 0.6) is 0 Å². The molecule has 0 unspecified atom stereocenters. The molecule has 144 valence electrons. The lowest BCUT2D eigenvalue weighted by Crippen LogP contribution is -2.17. The van der Waals surface area contributed by atoms with Crippen LogP contribution in [0.3, 0.4) is 0 Å². The molecule has 2 aliphatic heterocycles. The van der Waals surface area contributed by atoms with Crippen molar-refractivity contribution in [3.63, 3.8) is 0 Å². The minimum atomic E-state index is -0.470. The Morgan fingerprint density at radius 3 is 1.14 bits per heavy atom. The fraction of sp³-hybridized carbons (Fsp3) is 0.250. The van der Waals surface area contributed by atoms with E-state index in [-0.39, 0.29) is 11.9 Å². The molecule has 2 aliphatic rings. The molecule has 0 fully saturated rings. The van der Waals surface area contributed by atoms with Gasteiger partial charge in [0.2, 0.25) is 0 Å². The molecular formula is C24H24O4. The summed E-state index contributed by atoms with van der Waals surface area (Å²) in [6, 6.07) is 19.1. The van der Waals surface area contributed by atoms with Crippen LogP contribution in [0.1, 0.15) is 38.8 Å². The molecule has 0 atom stereocenters. The zero-order valence-corrected chi connectivity index (χ0v) is 16.6. The van der Waals surface area contributed by atoms with Crippen molar-refractivity contribution >= 4 is 23.1 Å². The third-order valence-electron chi connectivity index (χ3n) is 4.30. The summed E-state index contributed by atoms with van der Waals surface area (Å²) in [4.78, 5) is 23.0. The molecule has 0 bridgehead atoms. The van der Waals surface area contributed by atoms with Crippen molar-refractivity contribution in [3.05, 3.63) is 83.9 Å². The molecule has 0 radical (unpaired) electrons. The van der Waals surface area contributed by atoms with Crippen LogP contribution in [0.15, 0.2) is 72.8 Å². The van der Waals surface area contributed by atoms with Crippen LogP contribution < -0.4 is 0 Å². The molecule has 0 saturated carbocycles. The summed E-state index contributed by atoms with van der Waals surface area (Å²) in [6.45, 7) is 7.50. The summed E-state index contributed by atoms with van der Waals surface area (Å²) in [5.74, 6) is -0.470. The minimum Gasteiger partial charge on any atom is -0.452 e. The van der Waals surface area contributed by atoms with Gasteiger partial charge in [-0.1, -0.05) is 60.7 Å². The predicted octanol–water partition coefficient (Wildman–Crippen LogP) is 4.81. The summed E-state index contributed by atoms with van der Waals surface area (Å²) in [7, 11) is 0. The summed E-state index contributed by atoms with van der Waals surface area (Å²) in [5, 5.41) is 0. The maximum absolute atomic E-state index is 11.5. The molecular weight excluding hydrogens is 352 g/mol. The number of carbonyl (C=O) groups excluding carboxylic acids is 2. The standard InChI is InChI=1S/2C12H12O2/c2*1-12(2)8-10(11(13)14-12)9-6-4-3-5-7-9/h2*3-8H,1-2H3. The Morgan fingerprint density at radius 1 is 0.571 bits per heavy atom. The number of hydrogen-bond donors (Lipinski definition) is 0. The minimum absolute atomic E-state index is 0.235. The summed E-state index contributed by atoms with van der Waals surface area (Å²) >= 11 is 0. The van der Waals surface area contributed by atoms with Gasteiger partial charge in [-0.25, -0.2) is 9.59 Å². The van der Waals surface area contributed by atoms with E-state index in [1.165, 1.54) is 0 Å². The van der Waals surface area contributed by atoms with E-state index >= 15 is 0 Å². The predicted molar refractivity (Wildman–Crippen MR) is 109 cm³/mol. The van der Waals surface area contributed by atoms with Crippen molar-refractivity contribution in [1.82, 2.24) is 0 Å². The maximum Gasteiger partial charge on any atom is 0.339 e. The van der Waals surface area contributed by atoms with Crippen LogP contribution in [-0.2, 0) is 19.1 Å². The number of benzene rings is 2. The van der Waals surface area contributed by atoms with Gasteiger partial charge in [0, 0.05) is 0 Å². The molecule has 0 spiro atoms. The Bertz CT molecular complexity index is 856. The third-order valence-corrected chi connectivity index (χ3v) is 4.30. The number of rotatable bonds is 2. The van der Waals surface area contributed by atoms with Crippen LogP contribution in [-0.4, -0.2) is 23.1 Å². The number of carbonyl (C=O) groups is 2. The van der Waals surface area contributed by atoms with E-state index in [0.29, 0.717) is 11.1 Å². The Hall–Kier alpha value is -3.14. The van der Waals surface area contributed by atoms with E-state index in [2.05, 4.69) is 0 Å². The Balaban J connectivity index is 0.000000161. The van der Waals surface area contributed by atoms with Gasteiger partial charge in [0.1, 0.15) is 11.2 Å². The average Bonchev–Trinajstić information content (AvgIpc) is 3.09. The molecule has 4 heteroatoms. The number of ether oxygens (including phenoxy) is 2. The van der Waals surface area contributed by atoms with Crippen LogP contribution in [0.25, 0.3) is 11.1 Å². The van der Waals surface area contributed by atoms with Crippen molar-refractivity contribution in [2.75, 3.05) is 0 Å². The van der Waals surface area contributed by atoms with E-state index in [4.69, 9.17) is 9.47 Å². The molecule has 28 heavy (non-hydrogen) atoms. The first-order valence-corrected chi connectivity index (χ1v) is 9.20. The van der Waals surface area contributed by atoms with Gasteiger partial charge in [-0.2, -0.15) is 0 Å². The number of cyclic esters (lactones) is 2. The zero-order valence-electron chi connectivity index (χ0n) is 16.6. The second kappa shape index (κ2) is 7.47. The van der Waals surface area contributed by atoms with Crippen molar-refractivity contribution < 1.29 is 19.1 Å². The Morgan fingerprint density at radius 2 is 0.893 bits per heavy atom. The van der Waals surface area contributed by atoms with Crippen molar-refractivity contribution in [2.45, 2.75) is 38.9 Å². The van der Waals surface area contributed by atoms with Crippen LogP contribution in [0, 0.1) is 0 Å². The first-order valence-electron chi connectivity index (χ1n) is 9.20. The summed E-state index contributed by atoms with van der Waals surface area (Å²) in [6.07, 6.45) is 3.73. The average molecular weight is 376 g/mol. The Labute approximate surface area is 165 Å². The molecule has 0 aromatic heterocycles. The molecule has 0 aliphatic carbocycles. The molecule has 4 nitrogen and oxygen atoms in total. The monoisotopic (exact) mass is 376 g/mol. The first kappa shape index (κ1) is 19.6. The quantitative estimate of drug-likeness (QED) is 0.706. The fourth-order valence-electron chi connectivity index (χ4n) is 3.10. The maximum atomic E-state index is 11.5. The third kappa shape index (κ3) is 4.58. The van der Waals surface area contributed by atoms with Crippen molar-refractivity contribution in [1.29, 1.82) is 0 Å². The van der Waals surface area contributed by atoms with Gasteiger partial charge in [0.25, 0.3) is 0 Å². The zero-order chi connectivity index (χ0) is 20.4. The number of hydrogen-bond acceptors (Lipinski definition) is 4. The lowest BCUT2D eigenvalue weighted by Gasteiger charge is -2.12. The Kier molecular flexibility index (Phi) is 5.23. The van der Waals surface area contributed by atoms with Gasteiger partial charge < -0.3 is 9.47 Å². The second-order valence-corrected chi connectivity index (χ2v) is 7.83. The van der Waals surface area contributed by atoms with Crippen molar-refractivity contribution in [2.24, 2.45) is 0 Å².